The van der Waals surface area contributed by atoms with Crippen LogP contribution in [0.25, 0.3) is 0 Å². The van der Waals surface area contributed by atoms with Crippen molar-refractivity contribution in [3.63, 3.8) is 0 Å². The number of nitrogens with one attached hydrogen (secondary N) is 1. The monoisotopic (exact) mass is 296 g/mol. The van der Waals surface area contributed by atoms with Gasteiger partial charge in [-0.1, -0.05) is 13.3 Å². The summed E-state index contributed by atoms with van der Waals surface area (Å²) in [6.45, 7) is 2.18. The van der Waals surface area contributed by atoms with E-state index in [9.17, 15) is 18.0 Å². The third-order valence-electron chi connectivity index (χ3n) is 2.47. The van der Waals surface area contributed by atoms with Gasteiger partial charge in [-0.25, -0.2) is 0 Å². The van der Waals surface area contributed by atoms with Gasteiger partial charge in [0.15, 0.2) is 0 Å². The SMILES string of the molecule is CCCCN(C)S(=O)(=O)NC(CCC(=O)O)C(=O)O. The summed E-state index contributed by atoms with van der Waals surface area (Å²) in [5.41, 5.74) is 0. The van der Waals surface area contributed by atoms with Gasteiger partial charge in [0.25, 0.3) is 10.2 Å². The van der Waals surface area contributed by atoms with Crippen LogP contribution in [-0.4, -0.2) is 54.5 Å². The van der Waals surface area contributed by atoms with Gasteiger partial charge in [-0.15, -0.1) is 0 Å². The van der Waals surface area contributed by atoms with Gasteiger partial charge in [-0.3, -0.25) is 9.59 Å². The van der Waals surface area contributed by atoms with Gasteiger partial charge in [-0.05, 0) is 12.8 Å². The van der Waals surface area contributed by atoms with Crippen molar-refractivity contribution < 1.29 is 28.2 Å². The maximum Gasteiger partial charge on any atom is 0.321 e. The number of carboxylic acids is 2. The molecule has 3 N–H and O–H groups in total. The smallest absolute Gasteiger partial charge is 0.321 e. The molecule has 9 heteroatoms. The molecule has 0 bridgehead atoms. The molecule has 0 aromatic rings. The van der Waals surface area contributed by atoms with Gasteiger partial charge < -0.3 is 10.2 Å². The number of hydrogen-bond donors (Lipinski definition) is 3. The van der Waals surface area contributed by atoms with Crippen molar-refractivity contribution in [1.82, 2.24) is 9.03 Å². The van der Waals surface area contributed by atoms with Gasteiger partial charge in [-0.2, -0.15) is 17.4 Å². The predicted molar refractivity (Wildman–Crippen MR) is 67.9 cm³/mol. The Labute approximate surface area is 112 Å². The molecule has 0 aromatic carbocycles. The van der Waals surface area contributed by atoms with Crippen LogP contribution in [0.4, 0.5) is 0 Å². The Balaban J connectivity index is 4.64. The predicted octanol–water partition coefficient (Wildman–Crippen LogP) is -0.129. The molecular formula is C10H20N2O6S. The quantitative estimate of drug-likeness (QED) is 0.516. The molecule has 19 heavy (non-hydrogen) atoms. The van der Waals surface area contributed by atoms with Gasteiger partial charge in [0.2, 0.25) is 0 Å². The number of nitrogens with zero attached hydrogens (tertiary/aromatic N) is 1. The van der Waals surface area contributed by atoms with E-state index in [4.69, 9.17) is 10.2 Å². The molecule has 0 spiro atoms. The fourth-order valence-corrected chi connectivity index (χ4v) is 2.40. The zero-order valence-corrected chi connectivity index (χ0v) is 11.8. The topological polar surface area (TPSA) is 124 Å². The van der Waals surface area contributed by atoms with Crippen LogP contribution in [0.5, 0.6) is 0 Å². The van der Waals surface area contributed by atoms with Crippen LogP contribution in [0, 0.1) is 0 Å². The van der Waals surface area contributed by atoms with E-state index in [-0.39, 0.29) is 13.0 Å². The summed E-state index contributed by atoms with van der Waals surface area (Å²) in [4.78, 5) is 21.3. The summed E-state index contributed by atoms with van der Waals surface area (Å²) in [5.74, 6) is -2.57. The number of aliphatic carboxylic acids is 2. The van der Waals surface area contributed by atoms with Crippen molar-refractivity contribution in [2.75, 3.05) is 13.6 Å². The highest BCUT2D eigenvalue weighted by Gasteiger charge is 2.27. The molecule has 0 saturated heterocycles. The molecule has 8 nitrogen and oxygen atoms in total. The Morgan fingerprint density at radius 2 is 1.89 bits per heavy atom. The average molecular weight is 296 g/mol. The first-order chi connectivity index (χ1) is 8.70. The second-order valence-corrected chi connectivity index (χ2v) is 5.93. The molecule has 0 amide bonds. The third kappa shape index (κ3) is 7.09. The minimum atomic E-state index is -3.92. The van der Waals surface area contributed by atoms with E-state index in [1.54, 1.807) is 0 Å². The van der Waals surface area contributed by atoms with Crippen LogP contribution in [0.15, 0.2) is 0 Å². The van der Waals surface area contributed by atoms with E-state index in [1.807, 2.05) is 11.6 Å². The molecule has 0 aliphatic heterocycles. The maximum absolute atomic E-state index is 11.8. The molecule has 0 radical (unpaired) electrons. The van der Waals surface area contributed by atoms with Crippen LogP contribution in [0.2, 0.25) is 0 Å². The molecule has 112 valence electrons. The summed E-state index contributed by atoms with van der Waals surface area (Å²) in [7, 11) is -2.57. The second-order valence-electron chi connectivity index (χ2n) is 4.12. The highest BCUT2D eigenvalue weighted by atomic mass is 32.2. The van der Waals surface area contributed by atoms with Crippen molar-refractivity contribution >= 4 is 22.1 Å². The van der Waals surface area contributed by atoms with Crippen molar-refractivity contribution in [3.8, 4) is 0 Å². The largest absolute Gasteiger partial charge is 0.481 e. The van der Waals surface area contributed by atoms with Crippen molar-refractivity contribution in [2.45, 2.75) is 38.6 Å². The minimum absolute atomic E-state index is 0.275. The molecule has 0 aliphatic carbocycles. The minimum Gasteiger partial charge on any atom is -0.481 e. The van der Waals surface area contributed by atoms with E-state index in [0.29, 0.717) is 6.42 Å². The maximum atomic E-state index is 11.8. The number of carbonyl (C=O) groups is 2. The zero-order valence-electron chi connectivity index (χ0n) is 11.0. The summed E-state index contributed by atoms with van der Waals surface area (Å²) in [6.07, 6.45) is 0.745. The van der Waals surface area contributed by atoms with Crippen LogP contribution < -0.4 is 4.72 Å². The van der Waals surface area contributed by atoms with Crippen molar-refractivity contribution in [2.24, 2.45) is 0 Å². The Morgan fingerprint density at radius 3 is 2.32 bits per heavy atom. The van der Waals surface area contributed by atoms with Crippen LogP contribution in [0.3, 0.4) is 0 Å². The number of unbranched alkanes of at least 4 members (excludes halogenated alkanes) is 1. The molecule has 0 rings (SSSR count). The van der Waals surface area contributed by atoms with Crippen LogP contribution >= 0.6 is 0 Å². The lowest BCUT2D eigenvalue weighted by Gasteiger charge is -2.20. The highest BCUT2D eigenvalue weighted by Crippen LogP contribution is 2.04. The molecule has 0 saturated carbocycles. The fourth-order valence-electron chi connectivity index (χ4n) is 1.27. The van der Waals surface area contributed by atoms with E-state index < -0.39 is 34.6 Å². The number of rotatable bonds is 10. The summed E-state index contributed by atoms with van der Waals surface area (Å²) < 4.78 is 26.6. The molecule has 0 heterocycles. The Hall–Kier alpha value is -1.19. The molecular weight excluding hydrogens is 276 g/mol. The van der Waals surface area contributed by atoms with Gasteiger partial charge in [0.1, 0.15) is 6.04 Å². The molecule has 1 atom stereocenters. The Morgan fingerprint density at radius 1 is 1.32 bits per heavy atom. The number of hydrogen-bond acceptors (Lipinski definition) is 4. The average Bonchev–Trinajstić information content (AvgIpc) is 2.30. The lowest BCUT2D eigenvalue weighted by atomic mass is 10.2. The molecule has 1 unspecified atom stereocenters. The zero-order chi connectivity index (χ0) is 15.1. The fraction of sp³-hybridized carbons (Fsp3) is 0.800. The summed E-state index contributed by atoms with van der Waals surface area (Å²) >= 11 is 0. The van der Waals surface area contributed by atoms with Crippen molar-refractivity contribution in [3.05, 3.63) is 0 Å². The van der Waals surface area contributed by atoms with E-state index in [2.05, 4.69) is 0 Å². The molecule has 0 aromatic heterocycles. The van der Waals surface area contributed by atoms with E-state index >= 15 is 0 Å². The first-order valence-electron chi connectivity index (χ1n) is 5.89. The standard InChI is InChI=1S/C10H20N2O6S/c1-3-4-7-12(2)19(17,18)11-8(10(15)16)5-6-9(13)14/h8,11H,3-7H2,1-2H3,(H,13,14)(H,15,16). The van der Waals surface area contributed by atoms with Gasteiger partial charge in [0.05, 0.1) is 0 Å². The van der Waals surface area contributed by atoms with Crippen LogP contribution in [-0.2, 0) is 19.8 Å². The van der Waals surface area contributed by atoms with E-state index in [0.717, 1.165) is 10.7 Å². The third-order valence-corrected chi connectivity index (χ3v) is 4.06. The van der Waals surface area contributed by atoms with Crippen molar-refractivity contribution in [1.29, 1.82) is 0 Å². The normalized spacial score (nSPS) is 13.4. The Kier molecular flexibility index (Phi) is 7.57. The van der Waals surface area contributed by atoms with Gasteiger partial charge >= 0.3 is 11.9 Å². The first-order valence-corrected chi connectivity index (χ1v) is 7.33. The Bertz CT molecular complexity index is 408. The lowest BCUT2D eigenvalue weighted by Crippen LogP contribution is -2.47. The summed E-state index contributed by atoms with van der Waals surface area (Å²) in [6, 6.07) is -1.44. The highest BCUT2D eigenvalue weighted by molar-refractivity contribution is 7.87. The summed E-state index contributed by atoms with van der Waals surface area (Å²) in [5, 5.41) is 17.4. The second kappa shape index (κ2) is 8.08. The molecule has 0 fully saturated rings. The molecule has 0 aliphatic rings. The van der Waals surface area contributed by atoms with Crippen LogP contribution in [0.1, 0.15) is 32.6 Å². The number of carboxylic acid groups (broad SMARTS) is 2. The van der Waals surface area contributed by atoms with E-state index in [1.165, 1.54) is 7.05 Å². The first kappa shape index (κ1) is 17.8. The van der Waals surface area contributed by atoms with Gasteiger partial charge in [0, 0.05) is 20.0 Å². The lowest BCUT2D eigenvalue weighted by molar-refractivity contribution is -0.140.